The molecular formula is C16H20N4. The lowest BCUT2D eigenvalue weighted by Gasteiger charge is -2.45. The second-order valence-electron chi connectivity index (χ2n) is 5.94. The van der Waals surface area contributed by atoms with E-state index >= 15 is 0 Å². The second-order valence-corrected chi connectivity index (χ2v) is 5.94. The maximum Gasteiger partial charge on any atom is 0.0650 e. The highest BCUT2D eigenvalue weighted by Crippen LogP contribution is 2.30. The van der Waals surface area contributed by atoms with Crippen LogP contribution in [0.25, 0.3) is 11.3 Å². The van der Waals surface area contributed by atoms with Crippen molar-refractivity contribution in [3.8, 4) is 11.3 Å². The lowest BCUT2D eigenvalue weighted by Crippen LogP contribution is -2.53. The number of benzene rings is 1. The summed E-state index contributed by atoms with van der Waals surface area (Å²) in [4.78, 5) is 2.58. The molecule has 1 aromatic carbocycles. The minimum absolute atomic E-state index is 0.606. The molecule has 2 aromatic rings. The predicted molar refractivity (Wildman–Crippen MR) is 80.6 cm³/mol. The van der Waals surface area contributed by atoms with E-state index in [9.17, 15) is 0 Å². The van der Waals surface area contributed by atoms with Gasteiger partial charge < -0.3 is 10.2 Å². The van der Waals surface area contributed by atoms with E-state index in [4.69, 9.17) is 0 Å². The summed E-state index contributed by atoms with van der Waals surface area (Å²) in [6, 6.07) is 11.2. The van der Waals surface area contributed by atoms with Crippen molar-refractivity contribution in [1.29, 1.82) is 0 Å². The number of aromatic amines is 1. The summed E-state index contributed by atoms with van der Waals surface area (Å²) in [5.74, 6) is 0.843. The van der Waals surface area contributed by atoms with Crippen LogP contribution in [0, 0.1) is 5.92 Å². The van der Waals surface area contributed by atoms with Gasteiger partial charge in [0, 0.05) is 30.0 Å². The summed E-state index contributed by atoms with van der Waals surface area (Å²) in [6.45, 7) is 3.77. The van der Waals surface area contributed by atoms with Gasteiger partial charge in [0.15, 0.2) is 0 Å². The molecule has 0 radical (unpaired) electrons. The van der Waals surface area contributed by atoms with Crippen LogP contribution in [0.2, 0.25) is 0 Å². The molecule has 104 valence electrons. The molecule has 1 aromatic heterocycles. The Morgan fingerprint density at radius 1 is 1.20 bits per heavy atom. The third-order valence-corrected chi connectivity index (χ3v) is 4.68. The van der Waals surface area contributed by atoms with Gasteiger partial charge in [0.25, 0.3) is 0 Å². The first kappa shape index (κ1) is 12.0. The predicted octanol–water partition coefficient (Wildman–Crippen LogP) is 2.58. The van der Waals surface area contributed by atoms with Crippen LogP contribution in [0.1, 0.15) is 12.8 Å². The third-order valence-electron chi connectivity index (χ3n) is 4.68. The number of anilines is 1. The monoisotopic (exact) mass is 268 g/mol. The fourth-order valence-electron chi connectivity index (χ4n) is 3.54. The lowest BCUT2D eigenvalue weighted by molar-refractivity contribution is 0.0975. The van der Waals surface area contributed by atoms with E-state index in [-0.39, 0.29) is 0 Å². The Hall–Kier alpha value is -1.81. The number of fused-ring (bicyclic) bond motifs is 3. The molecule has 0 aliphatic carbocycles. The molecule has 2 N–H and O–H groups in total. The van der Waals surface area contributed by atoms with Crippen LogP contribution in [-0.4, -0.2) is 40.8 Å². The van der Waals surface area contributed by atoms with E-state index in [1.807, 2.05) is 6.07 Å². The molecule has 3 aliphatic rings. The van der Waals surface area contributed by atoms with E-state index in [0.29, 0.717) is 6.04 Å². The Kier molecular flexibility index (Phi) is 2.96. The smallest absolute Gasteiger partial charge is 0.0650 e. The Bertz CT molecular complexity index is 570. The summed E-state index contributed by atoms with van der Waals surface area (Å²) in [5, 5.41) is 10.8. The number of hydrogen-bond acceptors (Lipinski definition) is 3. The van der Waals surface area contributed by atoms with Crippen molar-refractivity contribution >= 4 is 5.69 Å². The van der Waals surface area contributed by atoms with Crippen molar-refractivity contribution in [2.24, 2.45) is 5.92 Å². The van der Waals surface area contributed by atoms with Crippen LogP contribution in [0.15, 0.2) is 36.5 Å². The standard InChI is InChI=1S/C16H20N4/c1-2-13(15-4-7-17-19-15)10-14(3-1)18-16-11-20-8-5-12(16)6-9-20/h1-4,7,10,12,16,18H,5-6,8-9,11H2,(H,17,19). The summed E-state index contributed by atoms with van der Waals surface area (Å²) in [6.07, 6.45) is 4.48. The molecule has 4 nitrogen and oxygen atoms in total. The number of H-pyrrole nitrogens is 1. The van der Waals surface area contributed by atoms with Crippen molar-refractivity contribution in [1.82, 2.24) is 15.1 Å². The first-order valence-electron chi connectivity index (χ1n) is 7.47. The van der Waals surface area contributed by atoms with Crippen LogP contribution in [0.5, 0.6) is 0 Å². The van der Waals surface area contributed by atoms with Gasteiger partial charge in [0.2, 0.25) is 0 Å². The summed E-state index contributed by atoms with van der Waals surface area (Å²) < 4.78 is 0. The van der Waals surface area contributed by atoms with Gasteiger partial charge >= 0.3 is 0 Å². The van der Waals surface area contributed by atoms with Crippen LogP contribution in [0.3, 0.4) is 0 Å². The second kappa shape index (κ2) is 4.94. The minimum atomic E-state index is 0.606. The Morgan fingerprint density at radius 2 is 2.10 bits per heavy atom. The first-order valence-corrected chi connectivity index (χ1v) is 7.47. The molecule has 0 amide bonds. The number of aromatic nitrogens is 2. The zero-order chi connectivity index (χ0) is 13.4. The zero-order valence-electron chi connectivity index (χ0n) is 11.5. The highest BCUT2D eigenvalue weighted by Gasteiger charge is 2.33. The summed E-state index contributed by atoms with van der Waals surface area (Å²) in [7, 11) is 0. The number of piperidine rings is 3. The quantitative estimate of drug-likeness (QED) is 0.899. The average molecular weight is 268 g/mol. The van der Waals surface area contributed by atoms with Crippen molar-refractivity contribution in [2.75, 3.05) is 25.0 Å². The lowest BCUT2D eigenvalue weighted by atomic mass is 9.84. The maximum atomic E-state index is 4.02. The molecule has 1 unspecified atom stereocenters. The van der Waals surface area contributed by atoms with Gasteiger partial charge in [-0.15, -0.1) is 0 Å². The van der Waals surface area contributed by atoms with E-state index in [1.54, 1.807) is 6.20 Å². The molecule has 5 rings (SSSR count). The normalized spacial score (nSPS) is 28.5. The molecule has 20 heavy (non-hydrogen) atoms. The average Bonchev–Trinajstić information content (AvgIpc) is 3.03. The Labute approximate surface area is 119 Å². The first-order chi connectivity index (χ1) is 9.88. The van der Waals surface area contributed by atoms with Gasteiger partial charge in [-0.05, 0) is 50.0 Å². The molecule has 3 aliphatic heterocycles. The maximum absolute atomic E-state index is 4.02. The molecular weight excluding hydrogens is 248 g/mol. The summed E-state index contributed by atoms with van der Waals surface area (Å²) in [5.41, 5.74) is 3.48. The fourth-order valence-corrected chi connectivity index (χ4v) is 3.54. The summed E-state index contributed by atoms with van der Waals surface area (Å²) >= 11 is 0. The van der Waals surface area contributed by atoms with Crippen LogP contribution >= 0.6 is 0 Å². The van der Waals surface area contributed by atoms with Gasteiger partial charge in [-0.3, -0.25) is 5.10 Å². The Morgan fingerprint density at radius 3 is 2.80 bits per heavy atom. The molecule has 2 bridgehead atoms. The number of nitrogens with zero attached hydrogens (tertiary/aromatic N) is 2. The van der Waals surface area contributed by atoms with Gasteiger partial charge in [-0.1, -0.05) is 12.1 Å². The van der Waals surface area contributed by atoms with E-state index < -0.39 is 0 Å². The molecule has 0 saturated carbocycles. The number of rotatable bonds is 3. The van der Waals surface area contributed by atoms with Crippen molar-refractivity contribution in [3.05, 3.63) is 36.5 Å². The van der Waals surface area contributed by atoms with Gasteiger partial charge in [0.05, 0.1) is 5.69 Å². The molecule has 3 fully saturated rings. The SMILES string of the molecule is c1cc(NC2CN3CCC2CC3)cc(-c2ccn[nH]2)c1. The van der Waals surface area contributed by atoms with Gasteiger partial charge in [0.1, 0.15) is 0 Å². The number of hydrogen-bond donors (Lipinski definition) is 2. The molecule has 3 saturated heterocycles. The highest BCUT2D eigenvalue weighted by molar-refractivity contribution is 5.64. The van der Waals surface area contributed by atoms with Crippen LogP contribution < -0.4 is 5.32 Å². The van der Waals surface area contributed by atoms with E-state index in [1.165, 1.54) is 43.7 Å². The van der Waals surface area contributed by atoms with Crippen LogP contribution in [-0.2, 0) is 0 Å². The van der Waals surface area contributed by atoms with Crippen molar-refractivity contribution < 1.29 is 0 Å². The fraction of sp³-hybridized carbons (Fsp3) is 0.438. The zero-order valence-corrected chi connectivity index (χ0v) is 11.5. The van der Waals surface area contributed by atoms with Crippen molar-refractivity contribution in [2.45, 2.75) is 18.9 Å². The molecule has 0 spiro atoms. The molecule has 4 heterocycles. The topological polar surface area (TPSA) is 44.0 Å². The molecule has 4 heteroatoms. The van der Waals surface area contributed by atoms with Crippen molar-refractivity contribution in [3.63, 3.8) is 0 Å². The third kappa shape index (κ3) is 2.20. The number of nitrogens with one attached hydrogen (secondary N) is 2. The minimum Gasteiger partial charge on any atom is -0.381 e. The molecule has 1 atom stereocenters. The van der Waals surface area contributed by atoms with Crippen LogP contribution in [0.4, 0.5) is 5.69 Å². The largest absolute Gasteiger partial charge is 0.381 e. The highest BCUT2D eigenvalue weighted by atomic mass is 15.2. The Balaban J connectivity index is 1.53. The van der Waals surface area contributed by atoms with Gasteiger partial charge in [-0.25, -0.2) is 0 Å². The van der Waals surface area contributed by atoms with Gasteiger partial charge in [-0.2, -0.15) is 5.10 Å². The van der Waals surface area contributed by atoms with E-state index in [2.05, 4.69) is 44.7 Å². The van der Waals surface area contributed by atoms with E-state index in [0.717, 1.165) is 11.6 Å².